The summed E-state index contributed by atoms with van der Waals surface area (Å²) < 4.78 is 5.07. The van der Waals surface area contributed by atoms with Crippen molar-refractivity contribution in [3.05, 3.63) is 0 Å². The highest BCUT2D eigenvalue weighted by Crippen LogP contribution is 2.13. The highest BCUT2D eigenvalue weighted by molar-refractivity contribution is 6.10. The van der Waals surface area contributed by atoms with Crippen LogP contribution in [0.15, 0.2) is 0 Å². The van der Waals surface area contributed by atoms with Crippen molar-refractivity contribution < 1.29 is 19.4 Å². The molecule has 0 rings (SSSR count). The van der Waals surface area contributed by atoms with Crippen LogP contribution in [0.3, 0.4) is 0 Å². The van der Waals surface area contributed by atoms with E-state index >= 15 is 0 Å². The summed E-state index contributed by atoms with van der Waals surface area (Å²) in [5.41, 5.74) is -0.665. The first-order chi connectivity index (χ1) is 7.22. The number of aliphatic carboxylic acids is 1. The monoisotopic (exact) mass is 227 g/mol. The molecule has 6 heteroatoms. The third kappa shape index (κ3) is 4.55. The second-order valence-corrected chi connectivity index (χ2v) is 4.39. The molecular formula is C10H18BNO4. The van der Waals surface area contributed by atoms with Crippen LogP contribution in [-0.2, 0) is 9.53 Å². The lowest BCUT2D eigenvalue weighted by atomic mass is 10.1. The topological polar surface area (TPSA) is 66.8 Å². The quantitative estimate of drug-likeness (QED) is 0.733. The van der Waals surface area contributed by atoms with E-state index in [9.17, 15) is 9.59 Å². The van der Waals surface area contributed by atoms with Crippen LogP contribution in [0, 0.1) is 0 Å². The number of hydrogen-bond donors (Lipinski definition) is 1. The predicted octanol–water partition coefficient (Wildman–Crippen LogP) is 1.21. The van der Waals surface area contributed by atoms with Crippen molar-refractivity contribution in [1.29, 1.82) is 0 Å². The average molecular weight is 227 g/mol. The molecule has 0 aromatic carbocycles. The van der Waals surface area contributed by atoms with Gasteiger partial charge in [0.15, 0.2) is 0 Å². The van der Waals surface area contributed by atoms with Gasteiger partial charge in [0.2, 0.25) is 0 Å². The van der Waals surface area contributed by atoms with Crippen molar-refractivity contribution in [2.75, 3.05) is 6.44 Å². The van der Waals surface area contributed by atoms with Crippen LogP contribution < -0.4 is 0 Å². The van der Waals surface area contributed by atoms with E-state index in [0.29, 0.717) is 0 Å². The van der Waals surface area contributed by atoms with Crippen LogP contribution in [-0.4, -0.2) is 48.0 Å². The Morgan fingerprint density at radius 2 is 1.94 bits per heavy atom. The van der Waals surface area contributed by atoms with Crippen LogP contribution >= 0.6 is 0 Å². The van der Waals surface area contributed by atoms with E-state index in [0.717, 1.165) is 4.90 Å². The number of amides is 1. The Morgan fingerprint density at radius 1 is 1.44 bits per heavy atom. The fraction of sp³-hybridized carbons (Fsp3) is 0.800. The molecule has 0 heterocycles. The van der Waals surface area contributed by atoms with Gasteiger partial charge in [0, 0.05) is 0 Å². The van der Waals surface area contributed by atoms with Gasteiger partial charge in [0.25, 0.3) is 0 Å². The molecule has 0 aliphatic carbocycles. The van der Waals surface area contributed by atoms with Crippen molar-refractivity contribution in [2.24, 2.45) is 0 Å². The number of nitrogens with zero attached hydrogens (tertiary/aromatic N) is 1. The molecule has 0 unspecified atom stereocenters. The zero-order valence-corrected chi connectivity index (χ0v) is 10.2. The molecule has 0 bridgehead atoms. The molecule has 90 valence electrons. The number of carboxylic acids is 1. The second kappa shape index (κ2) is 5.77. The van der Waals surface area contributed by atoms with E-state index in [-0.39, 0.29) is 12.9 Å². The molecule has 0 fully saturated rings. The van der Waals surface area contributed by atoms with Crippen molar-refractivity contribution in [3.63, 3.8) is 0 Å². The lowest BCUT2D eigenvalue weighted by molar-refractivity contribution is -0.142. The highest BCUT2D eigenvalue weighted by atomic mass is 16.6. The summed E-state index contributed by atoms with van der Waals surface area (Å²) in [4.78, 5) is 23.6. The van der Waals surface area contributed by atoms with Gasteiger partial charge >= 0.3 is 12.1 Å². The number of ether oxygens (including phenoxy) is 1. The summed E-state index contributed by atoms with van der Waals surface area (Å²) in [6, 6.07) is -0.945. The van der Waals surface area contributed by atoms with Gasteiger partial charge in [-0.05, 0) is 33.6 Å². The standard InChI is InChI=1S/C10H18BNO4/c1-5-7(8(13)14)12(6-11)9(15)16-10(2,3)4/h7H,5-6H2,1-4H3,(H,13,14)/t7-/m1/s1. The van der Waals surface area contributed by atoms with Crippen molar-refractivity contribution in [2.45, 2.75) is 45.8 Å². The Bertz CT molecular complexity index is 262. The van der Waals surface area contributed by atoms with Gasteiger partial charge in [0.1, 0.15) is 11.6 Å². The zero-order valence-electron chi connectivity index (χ0n) is 10.2. The molecule has 1 amide bonds. The minimum absolute atomic E-state index is 0.181. The fourth-order valence-corrected chi connectivity index (χ4v) is 1.18. The summed E-state index contributed by atoms with van der Waals surface area (Å²) in [7, 11) is 5.37. The number of rotatable bonds is 4. The Kier molecular flexibility index (Phi) is 5.34. The maximum atomic E-state index is 11.7. The third-order valence-corrected chi connectivity index (χ3v) is 1.87. The first-order valence-corrected chi connectivity index (χ1v) is 5.15. The van der Waals surface area contributed by atoms with Gasteiger partial charge in [-0.2, -0.15) is 0 Å². The molecule has 0 aliphatic heterocycles. The van der Waals surface area contributed by atoms with Gasteiger partial charge < -0.3 is 14.7 Å². The first kappa shape index (κ1) is 14.8. The largest absolute Gasteiger partial charge is 0.480 e. The van der Waals surface area contributed by atoms with Gasteiger partial charge in [-0.1, -0.05) is 6.92 Å². The van der Waals surface area contributed by atoms with Crippen LogP contribution in [0.5, 0.6) is 0 Å². The minimum Gasteiger partial charge on any atom is -0.480 e. The van der Waals surface area contributed by atoms with E-state index in [1.807, 2.05) is 0 Å². The SMILES string of the molecule is [B]CN(C(=O)OC(C)(C)C)[C@H](CC)C(=O)O. The third-order valence-electron chi connectivity index (χ3n) is 1.87. The van der Waals surface area contributed by atoms with Crippen LogP contribution in [0.2, 0.25) is 0 Å². The Morgan fingerprint density at radius 3 is 2.19 bits per heavy atom. The van der Waals surface area contributed by atoms with Crippen LogP contribution in [0.4, 0.5) is 4.79 Å². The molecule has 1 N–H and O–H groups in total. The molecule has 0 saturated heterocycles. The smallest absolute Gasteiger partial charge is 0.410 e. The zero-order chi connectivity index (χ0) is 12.9. The summed E-state index contributed by atoms with van der Waals surface area (Å²) in [5, 5.41) is 8.92. The van der Waals surface area contributed by atoms with Crippen molar-refractivity contribution in [3.8, 4) is 0 Å². The lowest BCUT2D eigenvalue weighted by Gasteiger charge is -2.30. The summed E-state index contributed by atoms with van der Waals surface area (Å²) in [5.74, 6) is -1.08. The summed E-state index contributed by atoms with van der Waals surface area (Å²) in [6.45, 7) is 6.80. The highest BCUT2D eigenvalue weighted by Gasteiger charge is 2.30. The number of carboxylic acid groups (broad SMARTS) is 1. The molecule has 0 spiro atoms. The molecule has 16 heavy (non-hydrogen) atoms. The number of hydrogen-bond acceptors (Lipinski definition) is 3. The number of carbonyl (C=O) groups is 2. The molecule has 2 radical (unpaired) electrons. The van der Waals surface area contributed by atoms with E-state index in [2.05, 4.69) is 0 Å². The van der Waals surface area contributed by atoms with E-state index in [4.69, 9.17) is 17.7 Å². The predicted molar refractivity (Wildman–Crippen MR) is 60.4 cm³/mol. The van der Waals surface area contributed by atoms with Gasteiger partial charge in [-0.15, -0.1) is 0 Å². The summed E-state index contributed by atoms with van der Waals surface area (Å²) >= 11 is 0. The first-order valence-electron chi connectivity index (χ1n) is 5.15. The maximum Gasteiger partial charge on any atom is 0.410 e. The molecule has 1 atom stereocenters. The van der Waals surface area contributed by atoms with E-state index in [1.165, 1.54) is 0 Å². The maximum absolute atomic E-state index is 11.7. The van der Waals surface area contributed by atoms with E-state index < -0.39 is 23.7 Å². The van der Waals surface area contributed by atoms with Crippen LogP contribution in [0.1, 0.15) is 34.1 Å². The Labute approximate surface area is 97.2 Å². The van der Waals surface area contributed by atoms with Gasteiger partial charge in [-0.3, -0.25) is 0 Å². The fourth-order valence-electron chi connectivity index (χ4n) is 1.18. The average Bonchev–Trinajstić information content (AvgIpc) is 2.09. The Hall–Kier alpha value is -1.20. The lowest BCUT2D eigenvalue weighted by Crippen LogP contribution is -2.47. The summed E-state index contributed by atoms with van der Waals surface area (Å²) in [6.07, 6.45) is -0.602. The molecule has 0 aliphatic rings. The van der Waals surface area contributed by atoms with Gasteiger partial charge in [-0.25, -0.2) is 9.59 Å². The molecular weight excluding hydrogens is 209 g/mol. The van der Waals surface area contributed by atoms with Crippen LogP contribution in [0.25, 0.3) is 0 Å². The molecule has 0 aromatic rings. The molecule has 5 nitrogen and oxygen atoms in total. The normalized spacial score (nSPS) is 13.0. The Balaban J connectivity index is 4.71. The van der Waals surface area contributed by atoms with Crippen molar-refractivity contribution in [1.82, 2.24) is 4.90 Å². The minimum atomic E-state index is -1.08. The van der Waals surface area contributed by atoms with Gasteiger partial charge in [0.05, 0.1) is 7.85 Å². The molecule has 0 saturated carbocycles. The number of carbonyl (C=O) groups excluding carboxylic acids is 1. The second-order valence-electron chi connectivity index (χ2n) is 4.39. The van der Waals surface area contributed by atoms with Crippen molar-refractivity contribution >= 4 is 19.9 Å². The molecule has 0 aromatic heterocycles. The van der Waals surface area contributed by atoms with E-state index in [1.54, 1.807) is 27.7 Å².